The first-order valence-corrected chi connectivity index (χ1v) is 5.60. The van der Waals surface area contributed by atoms with Crippen LogP contribution in [0.15, 0.2) is 39.5 Å². The number of hydrogen-bond donors (Lipinski definition) is 0. The van der Waals surface area contributed by atoms with Crippen LogP contribution in [0.25, 0.3) is 22.6 Å². The van der Waals surface area contributed by atoms with Gasteiger partial charge in [-0.25, -0.2) is 4.98 Å². The largest absolute Gasteiger partial charge is 0.451 e. The molecular formula is C12H5Cl2NO2. The molecule has 0 aromatic heterocycles. The maximum Gasteiger partial charge on any atom is 0.219 e. The Hall–Kier alpha value is -1.58. The molecule has 0 N–H and O–H groups in total. The number of para-hydroxylation sites is 2. The van der Waals surface area contributed by atoms with E-state index >= 15 is 0 Å². The van der Waals surface area contributed by atoms with Crippen molar-refractivity contribution in [1.82, 2.24) is 4.98 Å². The van der Waals surface area contributed by atoms with Crippen LogP contribution in [0.5, 0.6) is 0 Å². The Bertz CT molecular complexity index is 751. The van der Waals surface area contributed by atoms with Crippen LogP contribution in [0.2, 0.25) is 10.0 Å². The van der Waals surface area contributed by atoms with Gasteiger partial charge in [-0.15, -0.1) is 0 Å². The summed E-state index contributed by atoms with van der Waals surface area (Å²) in [5.41, 5.74) is 1.29. The van der Waals surface area contributed by atoms with E-state index in [1.54, 1.807) is 6.07 Å². The second kappa shape index (κ2) is 3.72. The number of halogens is 2. The van der Waals surface area contributed by atoms with Crippen LogP contribution in [-0.2, 0) is 0 Å². The number of benzene rings is 2. The van der Waals surface area contributed by atoms with E-state index in [2.05, 4.69) is 4.98 Å². The molecule has 1 aromatic carbocycles. The highest BCUT2D eigenvalue weighted by Gasteiger charge is 2.18. The van der Waals surface area contributed by atoms with Crippen LogP contribution in [0.3, 0.4) is 0 Å². The molecule has 17 heavy (non-hydrogen) atoms. The molecule has 0 saturated heterocycles. The molecule has 1 aliphatic carbocycles. The molecule has 3 rings (SSSR count). The van der Waals surface area contributed by atoms with E-state index in [0.717, 1.165) is 0 Å². The molecule has 84 valence electrons. The summed E-state index contributed by atoms with van der Waals surface area (Å²) in [6.45, 7) is 0. The molecule has 3 nitrogen and oxygen atoms in total. The molecule has 0 unspecified atom stereocenters. The monoisotopic (exact) mass is 265 g/mol. The predicted octanol–water partition coefficient (Wildman–Crippen LogP) is 3.60. The lowest BCUT2D eigenvalue weighted by atomic mass is 10.2. The predicted molar refractivity (Wildman–Crippen MR) is 66.9 cm³/mol. The number of hydrogen-bond acceptors (Lipinski definition) is 3. The summed E-state index contributed by atoms with van der Waals surface area (Å²) in [6.07, 6.45) is 0. The Balaban J connectivity index is 2.53. The Morgan fingerprint density at radius 1 is 1.18 bits per heavy atom. The molecule has 0 radical (unpaired) electrons. The molecule has 2 aliphatic rings. The van der Waals surface area contributed by atoms with E-state index in [1.807, 2.05) is 18.2 Å². The number of aromatic nitrogens is 1. The average molecular weight is 266 g/mol. The topological polar surface area (TPSA) is 43.1 Å². The zero-order valence-electron chi connectivity index (χ0n) is 8.41. The highest BCUT2D eigenvalue weighted by Crippen LogP contribution is 2.30. The highest BCUT2D eigenvalue weighted by molar-refractivity contribution is 6.36. The van der Waals surface area contributed by atoms with Gasteiger partial charge in [-0.2, -0.15) is 0 Å². The van der Waals surface area contributed by atoms with Crippen LogP contribution in [-0.4, -0.2) is 4.98 Å². The minimum atomic E-state index is -0.443. The van der Waals surface area contributed by atoms with E-state index in [0.29, 0.717) is 16.8 Å². The van der Waals surface area contributed by atoms with Gasteiger partial charge in [0.15, 0.2) is 11.3 Å². The maximum absolute atomic E-state index is 11.6. The molecule has 5 heteroatoms. The van der Waals surface area contributed by atoms with Crippen molar-refractivity contribution < 1.29 is 4.42 Å². The van der Waals surface area contributed by atoms with E-state index in [1.165, 1.54) is 6.07 Å². The molecule has 0 amide bonds. The molecule has 0 spiro atoms. The second-order valence-corrected chi connectivity index (χ2v) is 4.32. The first-order chi connectivity index (χ1) is 8.16. The summed E-state index contributed by atoms with van der Waals surface area (Å²) in [5, 5.41) is 0.00577. The summed E-state index contributed by atoms with van der Waals surface area (Å²) >= 11 is 11.7. The Morgan fingerprint density at radius 2 is 1.94 bits per heavy atom. The van der Waals surface area contributed by atoms with Gasteiger partial charge in [-0.3, -0.25) is 4.79 Å². The van der Waals surface area contributed by atoms with Gasteiger partial charge in [0.1, 0.15) is 16.2 Å². The normalized spacial score (nSPS) is 11.2. The van der Waals surface area contributed by atoms with E-state index in [4.69, 9.17) is 27.6 Å². The fourth-order valence-electron chi connectivity index (χ4n) is 1.63. The van der Waals surface area contributed by atoms with E-state index in [9.17, 15) is 4.79 Å². The highest BCUT2D eigenvalue weighted by atomic mass is 35.5. The zero-order chi connectivity index (χ0) is 12.0. The average Bonchev–Trinajstić information content (AvgIpc) is 2.34. The van der Waals surface area contributed by atoms with Gasteiger partial charge in [0, 0.05) is 0 Å². The number of rotatable bonds is 0. The van der Waals surface area contributed by atoms with Gasteiger partial charge in [-0.1, -0.05) is 35.3 Å². The summed E-state index contributed by atoms with van der Waals surface area (Å²) < 4.78 is 5.56. The fourth-order valence-corrected chi connectivity index (χ4v) is 2.11. The van der Waals surface area contributed by atoms with Gasteiger partial charge >= 0.3 is 0 Å². The smallest absolute Gasteiger partial charge is 0.219 e. The van der Waals surface area contributed by atoms with Crippen LogP contribution in [0, 0.1) is 0 Å². The quantitative estimate of drug-likeness (QED) is 0.584. The number of fused-ring (bicyclic) bond motifs is 2. The molecule has 1 aliphatic heterocycles. The summed E-state index contributed by atoms with van der Waals surface area (Å²) in [7, 11) is 0. The van der Waals surface area contributed by atoms with Crippen LogP contribution >= 0.6 is 23.2 Å². The van der Waals surface area contributed by atoms with Crippen molar-refractivity contribution in [3.05, 3.63) is 50.6 Å². The van der Waals surface area contributed by atoms with Crippen LogP contribution < -0.4 is 5.43 Å². The van der Waals surface area contributed by atoms with Crippen molar-refractivity contribution in [3.63, 3.8) is 0 Å². The zero-order valence-corrected chi connectivity index (χ0v) is 9.92. The van der Waals surface area contributed by atoms with Crippen LogP contribution in [0.4, 0.5) is 0 Å². The Kier molecular flexibility index (Phi) is 2.31. The molecule has 0 atom stereocenters. The van der Waals surface area contributed by atoms with E-state index < -0.39 is 5.43 Å². The summed E-state index contributed by atoms with van der Waals surface area (Å²) in [4.78, 5) is 15.9. The molecular weight excluding hydrogens is 261 g/mol. The van der Waals surface area contributed by atoms with Gasteiger partial charge < -0.3 is 4.42 Å². The molecule has 0 fully saturated rings. The van der Waals surface area contributed by atoms with Gasteiger partial charge in [0.25, 0.3) is 0 Å². The van der Waals surface area contributed by atoms with Crippen molar-refractivity contribution in [3.8, 4) is 11.5 Å². The molecule has 1 heterocycles. The van der Waals surface area contributed by atoms with Gasteiger partial charge in [0.2, 0.25) is 5.43 Å². The summed E-state index contributed by atoms with van der Waals surface area (Å²) in [5.74, 6) is 0.264. The van der Waals surface area contributed by atoms with Crippen LogP contribution in [0.1, 0.15) is 0 Å². The Labute approximate surface area is 106 Å². The third kappa shape index (κ3) is 1.59. The molecule has 0 saturated carbocycles. The molecule has 1 aromatic rings. The lowest BCUT2D eigenvalue weighted by Gasteiger charge is -2.07. The minimum Gasteiger partial charge on any atom is -0.451 e. The van der Waals surface area contributed by atoms with Crippen molar-refractivity contribution in [2.75, 3.05) is 0 Å². The first kappa shape index (κ1) is 10.6. The minimum absolute atomic E-state index is 0.0363. The fraction of sp³-hybridized carbons (Fsp3) is 0. The van der Waals surface area contributed by atoms with Crippen molar-refractivity contribution >= 4 is 34.3 Å². The Morgan fingerprint density at radius 3 is 2.76 bits per heavy atom. The lowest BCUT2D eigenvalue weighted by molar-refractivity contribution is 0.612. The van der Waals surface area contributed by atoms with Crippen molar-refractivity contribution in [2.45, 2.75) is 0 Å². The third-order valence-corrected chi connectivity index (χ3v) is 3.05. The van der Waals surface area contributed by atoms with E-state index in [-0.39, 0.29) is 15.8 Å². The maximum atomic E-state index is 11.6. The first-order valence-electron chi connectivity index (χ1n) is 4.84. The summed E-state index contributed by atoms with van der Waals surface area (Å²) in [6, 6.07) is 8.70. The second-order valence-electron chi connectivity index (χ2n) is 3.53. The lowest BCUT2D eigenvalue weighted by Crippen LogP contribution is -2.05. The van der Waals surface area contributed by atoms with Crippen molar-refractivity contribution in [2.24, 2.45) is 0 Å². The van der Waals surface area contributed by atoms with Crippen molar-refractivity contribution in [1.29, 1.82) is 0 Å². The standard InChI is InChI=1S/C12H5Cl2NO2/c13-6-5-8-12(10(14)11(6)16)17-9-4-2-1-3-7(9)15-8/h1-5H. The number of nitrogens with zero attached hydrogens (tertiary/aromatic N) is 1. The molecule has 0 bridgehead atoms. The third-order valence-electron chi connectivity index (χ3n) is 2.43. The SMILES string of the molecule is O=c1c(Cl)cc2nc3ccccc3oc-2c1Cl. The van der Waals surface area contributed by atoms with Gasteiger partial charge in [0.05, 0.1) is 5.02 Å². The van der Waals surface area contributed by atoms with Gasteiger partial charge in [-0.05, 0) is 18.2 Å².